The number of ether oxygens (including phenoxy) is 1. The van der Waals surface area contributed by atoms with Crippen molar-refractivity contribution in [2.75, 3.05) is 20.7 Å². The molecule has 1 aromatic rings. The molecule has 0 spiro atoms. The zero-order valence-corrected chi connectivity index (χ0v) is 12.9. The molecule has 0 radical (unpaired) electrons. The number of carbonyl (C=O) groups is 1. The Bertz CT molecular complexity index is 411. The summed E-state index contributed by atoms with van der Waals surface area (Å²) in [6.07, 6.45) is -0.611. The fourth-order valence-electron chi connectivity index (χ4n) is 1.74. The Morgan fingerprint density at radius 2 is 2.05 bits per heavy atom. The van der Waals surface area contributed by atoms with Crippen LogP contribution in [0.1, 0.15) is 18.5 Å². The predicted octanol–water partition coefficient (Wildman–Crippen LogP) is 2.25. The molecule has 0 bridgehead atoms. The van der Waals surface area contributed by atoms with Crippen LogP contribution in [0.3, 0.4) is 0 Å². The van der Waals surface area contributed by atoms with Gasteiger partial charge in [0.15, 0.2) is 0 Å². The van der Waals surface area contributed by atoms with Crippen molar-refractivity contribution in [2.24, 2.45) is 5.73 Å². The van der Waals surface area contributed by atoms with Crippen molar-refractivity contribution in [1.29, 1.82) is 0 Å². The standard InChI is InChI=1S/C13H19ClN2O2.ClH/c1-9(10-6-4-5-7-11(10)14)16(2)13(17)12(8-15)18-3;/h4-7,9,12H,8,15H2,1-3H3;1H. The van der Waals surface area contributed by atoms with Crippen molar-refractivity contribution in [3.63, 3.8) is 0 Å². The molecular weight excluding hydrogens is 287 g/mol. The van der Waals surface area contributed by atoms with Gasteiger partial charge in [-0.25, -0.2) is 0 Å². The van der Waals surface area contributed by atoms with Crippen LogP contribution in [-0.4, -0.2) is 37.6 Å². The smallest absolute Gasteiger partial charge is 0.253 e. The first-order valence-electron chi connectivity index (χ1n) is 5.76. The molecule has 2 atom stereocenters. The zero-order valence-electron chi connectivity index (χ0n) is 11.3. The molecule has 0 aliphatic heterocycles. The maximum atomic E-state index is 12.1. The number of benzene rings is 1. The van der Waals surface area contributed by atoms with E-state index in [0.717, 1.165) is 5.56 Å². The Kier molecular flexibility index (Phi) is 8.02. The quantitative estimate of drug-likeness (QED) is 0.908. The monoisotopic (exact) mass is 306 g/mol. The maximum absolute atomic E-state index is 12.1. The van der Waals surface area contributed by atoms with Gasteiger partial charge in [0.2, 0.25) is 0 Å². The van der Waals surface area contributed by atoms with Gasteiger partial charge in [0.25, 0.3) is 5.91 Å². The zero-order chi connectivity index (χ0) is 13.7. The summed E-state index contributed by atoms with van der Waals surface area (Å²) in [6, 6.07) is 7.34. The van der Waals surface area contributed by atoms with Crippen molar-refractivity contribution < 1.29 is 9.53 Å². The van der Waals surface area contributed by atoms with Crippen molar-refractivity contribution in [2.45, 2.75) is 19.1 Å². The highest BCUT2D eigenvalue weighted by Gasteiger charge is 2.25. The summed E-state index contributed by atoms with van der Waals surface area (Å²) < 4.78 is 5.05. The number of carbonyl (C=O) groups excluding carboxylic acids is 1. The van der Waals surface area contributed by atoms with Crippen LogP contribution in [0.15, 0.2) is 24.3 Å². The molecule has 1 rings (SSSR count). The van der Waals surface area contributed by atoms with Gasteiger partial charge in [0.1, 0.15) is 6.10 Å². The summed E-state index contributed by atoms with van der Waals surface area (Å²) in [4.78, 5) is 13.7. The van der Waals surface area contributed by atoms with Gasteiger partial charge in [-0.2, -0.15) is 0 Å². The van der Waals surface area contributed by atoms with E-state index < -0.39 is 6.10 Å². The predicted molar refractivity (Wildman–Crippen MR) is 79.7 cm³/mol. The van der Waals surface area contributed by atoms with Crippen molar-refractivity contribution >= 4 is 29.9 Å². The molecule has 19 heavy (non-hydrogen) atoms. The van der Waals surface area contributed by atoms with Crippen LogP contribution < -0.4 is 5.73 Å². The van der Waals surface area contributed by atoms with E-state index in [1.807, 2.05) is 31.2 Å². The Balaban J connectivity index is 0.00000324. The third-order valence-corrected chi connectivity index (χ3v) is 3.40. The first-order valence-corrected chi connectivity index (χ1v) is 6.14. The summed E-state index contributed by atoms with van der Waals surface area (Å²) in [5.41, 5.74) is 6.40. The molecule has 0 aromatic heterocycles. The van der Waals surface area contributed by atoms with Crippen LogP contribution in [0.25, 0.3) is 0 Å². The average Bonchev–Trinajstić information content (AvgIpc) is 2.39. The number of halogens is 2. The molecule has 0 saturated carbocycles. The van der Waals surface area contributed by atoms with E-state index in [4.69, 9.17) is 22.1 Å². The van der Waals surface area contributed by atoms with E-state index in [9.17, 15) is 4.79 Å². The highest BCUT2D eigenvalue weighted by Crippen LogP contribution is 2.26. The number of likely N-dealkylation sites (N-methyl/N-ethyl adjacent to an activating group) is 1. The number of nitrogens with zero attached hydrogens (tertiary/aromatic N) is 1. The minimum atomic E-state index is -0.611. The minimum Gasteiger partial charge on any atom is -0.370 e. The van der Waals surface area contributed by atoms with Gasteiger partial charge in [-0.1, -0.05) is 29.8 Å². The van der Waals surface area contributed by atoms with Gasteiger partial charge in [0, 0.05) is 25.7 Å². The van der Waals surface area contributed by atoms with Crippen LogP contribution >= 0.6 is 24.0 Å². The highest BCUT2D eigenvalue weighted by molar-refractivity contribution is 6.31. The molecule has 4 nitrogen and oxygen atoms in total. The molecule has 0 aliphatic carbocycles. The number of hydrogen-bond donors (Lipinski definition) is 1. The van der Waals surface area contributed by atoms with Crippen LogP contribution in [0, 0.1) is 0 Å². The van der Waals surface area contributed by atoms with Gasteiger partial charge in [-0.05, 0) is 18.6 Å². The fourth-order valence-corrected chi connectivity index (χ4v) is 2.03. The number of nitrogens with two attached hydrogens (primary N) is 1. The third kappa shape index (κ3) is 4.35. The Hall–Kier alpha value is -0.810. The van der Waals surface area contributed by atoms with Crippen molar-refractivity contribution in [3.8, 4) is 0 Å². The Morgan fingerprint density at radius 3 is 2.53 bits per heavy atom. The van der Waals surface area contributed by atoms with E-state index in [1.165, 1.54) is 7.11 Å². The lowest BCUT2D eigenvalue weighted by atomic mass is 10.1. The molecular formula is C13H20Cl2N2O2. The van der Waals surface area contributed by atoms with E-state index in [-0.39, 0.29) is 30.9 Å². The van der Waals surface area contributed by atoms with Crippen LogP contribution in [0.2, 0.25) is 5.02 Å². The van der Waals surface area contributed by atoms with Gasteiger partial charge in [-0.15, -0.1) is 12.4 Å². The van der Waals surface area contributed by atoms with E-state index in [0.29, 0.717) is 5.02 Å². The van der Waals surface area contributed by atoms with Crippen LogP contribution in [-0.2, 0) is 9.53 Å². The lowest BCUT2D eigenvalue weighted by Crippen LogP contribution is -2.42. The normalized spacial score (nSPS) is 13.3. The van der Waals surface area contributed by atoms with Crippen molar-refractivity contribution in [1.82, 2.24) is 4.90 Å². The maximum Gasteiger partial charge on any atom is 0.253 e. The lowest BCUT2D eigenvalue weighted by molar-refractivity contribution is -0.142. The SMILES string of the molecule is COC(CN)C(=O)N(C)C(C)c1ccccc1Cl.Cl. The molecule has 0 aliphatic rings. The van der Waals surface area contributed by atoms with E-state index in [2.05, 4.69) is 0 Å². The molecule has 1 aromatic carbocycles. The summed E-state index contributed by atoms with van der Waals surface area (Å²) in [5, 5.41) is 0.645. The fraction of sp³-hybridized carbons (Fsp3) is 0.462. The Morgan fingerprint density at radius 1 is 1.47 bits per heavy atom. The highest BCUT2D eigenvalue weighted by atomic mass is 35.5. The summed E-state index contributed by atoms with van der Waals surface area (Å²) in [7, 11) is 3.20. The van der Waals surface area contributed by atoms with Gasteiger partial charge >= 0.3 is 0 Å². The average molecular weight is 307 g/mol. The van der Waals surface area contributed by atoms with Gasteiger partial charge in [0.05, 0.1) is 6.04 Å². The van der Waals surface area contributed by atoms with Crippen LogP contribution in [0.5, 0.6) is 0 Å². The first-order chi connectivity index (χ1) is 8.52. The molecule has 2 unspecified atom stereocenters. The summed E-state index contributed by atoms with van der Waals surface area (Å²) in [6.45, 7) is 2.08. The molecule has 6 heteroatoms. The largest absolute Gasteiger partial charge is 0.370 e. The Labute approximate surface area is 125 Å². The van der Waals surface area contributed by atoms with Gasteiger partial charge in [-0.3, -0.25) is 4.79 Å². The minimum absolute atomic E-state index is 0. The summed E-state index contributed by atoms with van der Waals surface area (Å²) >= 11 is 6.12. The third-order valence-electron chi connectivity index (χ3n) is 3.06. The molecule has 2 N–H and O–H groups in total. The second-order valence-corrected chi connectivity index (χ2v) is 4.51. The molecule has 0 fully saturated rings. The second-order valence-electron chi connectivity index (χ2n) is 4.11. The lowest BCUT2D eigenvalue weighted by Gasteiger charge is -2.28. The topological polar surface area (TPSA) is 55.6 Å². The number of methoxy groups -OCH3 is 1. The summed E-state index contributed by atoms with van der Waals surface area (Å²) in [5.74, 6) is -0.146. The van der Waals surface area contributed by atoms with E-state index >= 15 is 0 Å². The molecule has 0 saturated heterocycles. The number of rotatable bonds is 5. The van der Waals surface area contributed by atoms with Crippen LogP contribution in [0.4, 0.5) is 0 Å². The second kappa shape index (κ2) is 8.38. The van der Waals surface area contributed by atoms with Crippen molar-refractivity contribution in [3.05, 3.63) is 34.9 Å². The number of amides is 1. The van der Waals surface area contributed by atoms with E-state index in [1.54, 1.807) is 11.9 Å². The molecule has 0 heterocycles. The number of hydrogen-bond acceptors (Lipinski definition) is 3. The molecule has 108 valence electrons. The molecule has 1 amide bonds. The first kappa shape index (κ1) is 18.2. The van der Waals surface area contributed by atoms with Gasteiger partial charge < -0.3 is 15.4 Å².